The lowest BCUT2D eigenvalue weighted by molar-refractivity contribution is -0.0893. The molecule has 0 amide bonds. The largest absolute Gasteiger partial charge is 0.427 e. The van der Waals surface area contributed by atoms with Gasteiger partial charge in [-0.1, -0.05) is 103 Å². The van der Waals surface area contributed by atoms with Crippen LogP contribution in [0.3, 0.4) is 0 Å². The van der Waals surface area contributed by atoms with Crippen molar-refractivity contribution < 1.29 is 9.76 Å². The summed E-state index contributed by atoms with van der Waals surface area (Å²) in [5.41, 5.74) is 10.5. The molecule has 0 fully saturated rings. The first-order chi connectivity index (χ1) is 19.7. The maximum atomic E-state index is 10.7. The monoisotopic (exact) mass is 533 g/mol. The number of hydrogen-bond donors (Lipinski definition) is 1. The first-order valence-electron chi connectivity index (χ1n) is 14.5. The van der Waals surface area contributed by atoms with Crippen molar-refractivity contribution in [2.75, 3.05) is 0 Å². The fraction of sp³-hybridized carbons (Fsp3) is 0.189. The van der Waals surface area contributed by atoms with Crippen molar-refractivity contribution in [2.24, 2.45) is 0 Å². The molecule has 0 radical (unpaired) electrons. The predicted molar refractivity (Wildman–Crippen MR) is 170 cm³/mol. The molecule has 1 aliphatic heterocycles. The van der Waals surface area contributed by atoms with Gasteiger partial charge in [-0.3, -0.25) is 0 Å². The second-order valence-electron chi connectivity index (χ2n) is 12.6. The van der Waals surface area contributed by atoms with Crippen LogP contribution in [0.2, 0.25) is 0 Å². The Morgan fingerprint density at radius 1 is 0.659 bits per heavy atom. The number of hydrogen-bond acceptors (Lipinski definition) is 2. The molecule has 1 spiro atoms. The molecule has 1 atom stereocenters. The lowest BCUT2D eigenvalue weighted by atomic mass is 9.64. The molecule has 4 heteroatoms. The molecule has 1 unspecified atom stereocenters. The topological polar surface area (TPSA) is 34.4 Å². The van der Waals surface area contributed by atoms with Gasteiger partial charge in [-0.05, 0) is 73.2 Å². The van der Waals surface area contributed by atoms with Gasteiger partial charge in [-0.15, -0.1) is 0 Å². The van der Waals surface area contributed by atoms with Crippen LogP contribution in [-0.2, 0) is 10.1 Å². The molecule has 5 aromatic carbocycles. The third-order valence-corrected chi connectivity index (χ3v) is 9.83. The zero-order valence-corrected chi connectivity index (χ0v) is 23.9. The van der Waals surface area contributed by atoms with Crippen molar-refractivity contribution in [3.05, 3.63) is 131 Å². The summed E-state index contributed by atoms with van der Waals surface area (Å²) < 4.78 is 8.83. The minimum absolute atomic E-state index is 0.419. The highest BCUT2D eigenvalue weighted by atomic mass is 16.5. The molecule has 200 valence electrons. The smallest absolute Gasteiger partial charge is 0.309 e. The van der Waals surface area contributed by atoms with Crippen molar-refractivity contribution >= 4 is 34.8 Å². The Kier molecular flexibility index (Phi) is 4.95. The first-order valence-corrected chi connectivity index (χ1v) is 14.5. The fourth-order valence-electron chi connectivity index (χ4n) is 7.14. The molecule has 2 heterocycles. The molecule has 3 nitrogen and oxygen atoms in total. The molecule has 1 aromatic heterocycles. The van der Waals surface area contributed by atoms with Gasteiger partial charge in [0.2, 0.25) is 0 Å². The van der Waals surface area contributed by atoms with E-state index in [0.29, 0.717) is 7.48 Å². The lowest BCUT2D eigenvalue weighted by Crippen LogP contribution is -2.49. The summed E-state index contributed by atoms with van der Waals surface area (Å²) >= 11 is 0. The SMILES string of the molecule is CC(C)(O)C(C)(C)OBc1ccc2c(c1)C1(c3ccccc3-2)c2ccccc2-n2c3ccccc3c3cccc1c32. The van der Waals surface area contributed by atoms with E-state index in [1.54, 1.807) is 13.8 Å². The van der Waals surface area contributed by atoms with Crippen LogP contribution in [0.15, 0.2) is 109 Å². The average Bonchev–Trinajstić information content (AvgIpc) is 3.46. The third-order valence-electron chi connectivity index (χ3n) is 9.83. The standard InChI is InChI=1S/C37H32BNO2/c1-35(2,40)36(3,4)41-38-23-20-21-25-24-12-5-7-15-28(24)37(31(25)22-23)29-16-8-10-19-33(29)39-32-18-9-6-13-26(32)27-14-11-17-30(37)34(27)39/h5-22,38,40H,1-4H3. The van der Waals surface area contributed by atoms with E-state index in [0.717, 1.165) is 5.46 Å². The van der Waals surface area contributed by atoms with Crippen molar-refractivity contribution in [3.63, 3.8) is 0 Å². The van der Waals surface area contributed by atoms with Gasteiger partial charge in [-0.2, -0.15) is 0 Å². The number of benzene rings is 5. The van der Waals surface area contributed by atoms with Gasteiger partial charge in [0.25, 0.3) is 0 Å². The number of nitrogens with zero attached hydrogens (tertiary/aromatic N) is 1. The van der Waals surface area contributed by atoms with E-state index in [1.807, 2.05) is 13.8 Å². The van der Waals surface area contributed by atoms with Crippen LogP contribution in [0.25, 0.3) is 38.6 Å². The van der Waals surface area contributed by atoms with Crippen molar-refractivity contribution in [2.45, 2.75) is 44.3 Å². The maximum Gasteiger partial charge on any atom is 0.309 e. The summed E-state index contributed by atoms with van der Waals surface area (Å²) in [7, 11) is 0.419. The molecule has 0 saturated carbocycles. The van der Waals surface area contributed by atoms with Gasteiger partial charge in [0, 0.05) is 10.8 Å². The molecular weight excluding hydrogens is 501 g/mol. The van der Waals surface area contributed by atoms with Crippen molar-refractivity contribution in [1.29, 1.82) is 0 Å². The average molecular weight is 533 g/mol. The van der Waals surface area contributed by atoms with E-state index in [1.165, 1.54) is 60.9 Å². The summed E-state index contributed by atoms with van der Waals surface area (Å²) in [5, 5.41) is 13.3. The van der Waals surface area contributed by atoms with Gasteiger partial charge < -0.3 is 14.3 Å². The second kappa shape index (κ2) is 8.22. The van der Waals surface area contributed by atoms with E-state index in [2.05, 4.69) is 114 Å². The summed E-state index contributed by atoms with van der Waals surface area (Å²) in [4.78, 5) is 0. The molecule has 8 rings (SSSR count). The van der Waals surface area contributed by atoms with E-state index in [9.17, 15) is 5.11 Å². The number of rotatable bonds is 4. The Hall–Kier alpha value is -4.12. The number of fused-ring (bicyclic) bond motifs is 12. The summed E-state index contributed by atoms with van der Waals surface area (Å²) in [6.45, 7) is 7.52. The highest BCUT2D eigenvalue weighted by molar-refractivity contribution is 6.47. The van der Waals surface area contributed by atoms with E-state index >= 15 is 0 Å². The van der Waals surface area contributed by atoms with E-state index in [-0.39, 0.29) is 0 Å². The summed E-state index contributed by atoms with van der Waals surface area (Å²) in [6.07, 6.45) is 0. The molecule has 41 heavy (non-hydrogen) atoms. The number of para-hydroxylation sites is 3. The zero-order chi connectivity index (χ0) is 28.1. The van der Waals surface area contributed by atoms with E-state index in [4.69, 9.17) is 4.65 Å². The van der Waals surface area contributed by atoms with Gasteiger partial charge in [0.15, 0.2) is 0 Å². The van der Waals surface area contributed by atoms with Crippen molar-refractivity contribution in [1.82, 2.24) is 4.57 Å². The Balaban J connectivity index is 1.46. The highest BCUT2D eigenvalue weighted by Gasteiger charge is 2.50. The van der Waals surface area contributed by atoms with Crippen LogP contribution in [0, 0.1) is 0 Å². The van der Waals surface area contributed by atoms with Gasteiger partial charge in [0.1, 0.15) is 0 Å². The van der Waals surface area contributed by atoms with Crippen LogP contribution < -0.4 is 5.46 Å². The normalized spacial score (nSPS) is 17.1. The minimum Gasteiger partial charge on any atom is -0.427 e. The Labute approximate surface area is 241 Å². The third kappa shape index (κ3) is 3.12. The van der Waals surface area contributed by atoms with E-state index < -0.39 is 16.6 Å². The molecule has 0 saturated heterocycles. The second-order valence-corrected chi connectivity index (χ2v) is 12.6. The fourth-order valence-corrected chi connectivity index (χ4v) is 7.14. The molecule has 1 aliphatic carbocycles. The molecule has 2 aliphatic rings. The maximum absolute atomic E-state index is 10.7. The molecule has 6 aromatic rings. The van der Waals surface area contributed by atoms with Crippen LogP contribution in [-0.4, -0.2) is 28.4 Å². The first kappa shape index (κ1) is 24.7. The lowest BCUT2D eigenvalue weighted by Gasteiger charge is -2.40. The van der Waals surface area contributed by atoms with Gasteiger partial charge >= 0.3 is 7.48 Å². The summed E-state index contributed by atoms with van der Waals surface area (Å²) in [5.74, 6) is 0. The highest BCUT2D eigenvalue weighted by Crippen LogP contribution is 2.60. The predicted octanol–water partition coefficient (Wildman–Crippen LogP) is 7.00. The zero-order valence-electron chi connectivity index (χ0n) is 23.9. The number of aliphatic hydroxyl groups is 1. The molecular formula is C37H32BNO2. The molecule has 0 bridgehead atoms. The quantitative estimate of drug-likeness (QED) is 0.247. The van der Waals surface area contributed by atoms with Crippen molar-refractivity contribution in [3.8, 4) is 16.8 Å². The van der Waals surface area contributed by atoms with Crippen LogP contribution in [0.5, 0.6) is 0 Å². The number of aromatic nitrogens is 1. The Morgan fingerprint density at radius 2 is 1.32 bits per heavy atom. The van der Waals surface area contributed by atoms with Gasteiger partial charge in [0.05, 0.1) is 33.3 Å². The minimum atomic E-state index is -0.966. The Morgan fingerprint density at radius 3 is 2.15 bits per heavy atom. The van der Waals surface area contributed by atoms with Gasteiger partial charge in [-0.25, -0.2) is 0 Å². The van der Waals surface area contributed by atoms with Crippen LogP contribution >= 0.6 is 0 Å². The molecule has 1 N–H and O–H groups in total. The van der Waals surface area contributed by atoms with Crippen LogP contribution in [0.1, 0.15) is 49.9 Å². The summed E-state index contributed by atoms with van der Waals surface area (Å²) in [6, 6.07) is 40.2. The Bertz CT molecular complexity index is 2030. The van der Waals surface area contributed by atoms with Crippen LogP contribution in [0.4, 0.5) is 0 Å².